The number of nitrogens with zero attached hydrogens (tertiary/aromatic N) is 2. The lowest BCUT2D eigenvalue weighted by Gasteiger charge is -2.25. The van der Waals surface area contributed by atoms with Crippen molar-refractivity contribution < 1.29 is 14.1 Å². The first-order chi connectivity index (χ1) is 11.2. The van der Waals surface area contributed by atoms with Crippen molar-refractivity contribution in [2.24, 2.45) is 0 Å². The minimum Gasteiger partial charge on any atom is -0.379 e. The number of rotatable bonds is 5. The van der Waals surface area contributed by atoms with Crippen LogP contribution < -0.4 is 5.32 Å². The molecule has 122 valence electrons. The average Bonchev–Trinajstić information content (AvgIpc) is 3.02. The van der Waals surface area contributed by atoms with E-state index in [1.807, 2.05) is 18.2 Å². The Bertz CT molecular complexity index is 668. The van der Waals surface area contributed by atoms with Crippen molar-refractivity contribution in [1.82, 2.24) is 15.4 Å². The molecule has 0 bridgehead atoms. The van der Waals surface area contributed by atoms with Crippen LogP contribution in [-0.4, -0.2) is 42.3 Å². The number of morpholine rings is 1. The van der Waals surface area contributed by atoms with E-state index in [0.29, 0.717) is 23.9 Å². The van der Waals surface area contributed by atoms with Gasteiger partial charge < -0.3 is 14.6 Å². The Morgan fingerprint density at radius 1 is 1.30 bits per heavy atom. The lowest BCUT2D eigenvalue weighted by atomic mass is 10.2. The molecule has 1 fully saturated rings. The Morgan fingerprint density at radius 3 is 2.91 bits per heavy atom. The monoisotopic (exact) mass is 335 g/mol. The van der Waals surface area contributed by atoms with Crippen molar-refractivity contribution in [2.75, 3.05) is 26.3 Å². The zero-order chi connectivity index (χ0) is 16.1. The van der Waals surface area contributed by atoms with Gasteiger partial charge in [-0.15, -0.1) is 0 Å². The molecule has 0 aliphatic carbocycles. The molecule has 1 aliphatic heterocycles. The Morgan fingerprint density at radius 2 is 2.13 bits per heavy atom. The number of aromatic nitrogens is 1. The summed E-state index contributed by atoms with van der Waals surface area (Å²) in [6.45, 7) is 4.19. The van der Waals surface area contributed by atoms with Gasteiger partial charge in [0, 0.05) is 30.7 Å². The van der Waals surface area contributed by atoms with E-state index in [2.05, 4.69) is 15.4 Å². The van der Waals surface area contributed by atoms with Gasteiger partial charge in [-0.05, 0) is 17.7 Å². The topological polar surface area (TPSA) is 67.6 Å². The number of carbonyl (C=O) groups is 1. The number of amides is 1. The Balaban J connectivity index is 1.53. The van der Waals surface area contributed by atoms with Gasteiger partial charge >= 0.3 is 0 Å². The third-order valence-electron chi connectivity index (χ3n) is 3.62. The summed E-state index contributed by atoms with van der Waals surface area (Å²) >= 11 is 5.92. The summed E-state index contributed by atoms with van der Waals surface area (Å²) in [6.07, 6.45) is 0. The minimum absolute atomic E-state index is 0.262. The van der Waals surface area contributed by atoms with Crippen molar-refractivity contribution in [3.05, 3.63) is 52.4 Å². The number of hydrogen-bond acceptors (Lipinski definition) is 5. The summed E-state index contributed by atoms with van der Waals surface area (Å²) in [5, 5.41) is 7.29. The Labute approximate surface area is 139 Å². The highest BCUT2D eigenvalue weighted by Gasteiger charge is 2.16. The van der Waals surface area contributed by atoms with Gasteiger partial charge in [-0.25, -0.2) is 0 Å². The third kappa shape index (κ3) is 4.54. The SMILES string of the molecule is O=C(NCc1cccc(Cl)c1)c1cc(CN2CCOCC2)on1. The van der Waals surface area contributed by atoms with Gasteiger partial charge in [-0.1, -0.05) is 28.9 Å². The quantitative estimate of drug-likeness (QED) is 0.906. The predicted octanol–water partition coefficient (Wildman–Crippen LogP) is 2.09. The molecule has 1 aromatic carbocycles. The van der Waals surface area contributed by atoms with Crippen molar-refractivity contribution in [3.63, 3.8) is 0 Å². The molecule has 0 spiro atoms. The summed E-state index contributed by atoms with van der Waals surface area (Å²) in [7, 11) is 0. The lowest BCUT2D eigenvalue weighted by molar-refractivity contribution is 0.0305. The molecule has 1 saturated heterocycles. The zero-order valence-corrected chi connectivity index (χ0v) is 13.4. The van der Waals surface area contributed by atoms with E-state index in [4.69, 9.17) is 20.9 Å². The van der Waals surface area contributed by atoms with Crippen LogP contribution in [-0.2, 0) is 17.8 Å². The van der Waals surface area contributed by atoms with Gasteiger partial charge in [0.15, 0.2) is 11.5 Å². The highest BCUT2D eigenvalue weighted by atomic mass is 35.5. The molecule has 1 N–H and O–H groups in total. The average molecular weight is 336 g/mol. The van der Waals surface area contributed by atoms with Crippen molar-refractivity contribution in [1.29, 1.82) is 0 Å². The summed E-state index contributed by atoms with van der Waals surface area (Å²) in [5.41, 5.74) is 1.22. The molecule has 7 heteroatoms. The van der Waals surface area contributed by atoms with Crippen LogP contribution in [0.4, 0.5) is 0 Å². The Hall–Kier alpha value is -1.89. The van der Waals surface area contributed by atoms with Crippen LogP contribution in [0.25, 0.3) is 0 Å². The van der Waals surface area contributed by atoms with Crippen molar-refractivity contribution >= 4 is 17.5 Å². The van der Waals surface area contributed by atoms with E-state index in [-0.39, 0.29) is 11.6 Å². The lowest BCUT2D eigenvalue weighted by Crippen LogP contribution is -2.35. The number of hydrogen-bond donors (Lipinski definition) is 1. The molecule has 1 aliphatic rings. The maximum absolute atomic E-state index is 12.1. The highest BCUT2D eigenvalue weighted by molar-refractivity contribution is 6.30. The smallest absolute Gasteiger partial charge is 0.273 e. The second-order valence-corrected chi connectivity index (χ2v) is 5.82. The maximum Gasteiger partial charge on any atom is 0.273 e. The third-order valence-corrected chi connectivity index (χ3v) is 3.85. The van der Waals surface area contributed by atoms with Gasteiger partial charge in [0.1, 0.15) is 0 Å². The number of nitrogens with one attached hydrogen (secondary N) is 1. The minimum atomic E-state index is -0.262. The Kier molecular flexibility index (Phi) is 5.27. The first-order valence-corrected chi connectivity index (χ1v) is 7.87. The van der Waals surface area contributed by atoms with Gasteiger partial charge in [-0.3, -0.25) is 9.69 Å². The fraction of sp³-hybridized carbons (Fsp3) is 0.375. The van der Waals surface area contributed by atoms with Crippen molar-refractivity contribution in [2.45, 2.75) is 13.1 Å². The highest BCUT2D eigenvalue weighted by Crippen LogP contribution is 2.11. The summed E-state index contributed by atoms with van der Waals surface area (Å²) < 4.78 is 10.5. The molecule has 0 unspecified atom stereocenters. The molecule has 2 heterocycles. The molecular weight excluding hydrogens is 318 g/mol. The van der Waals surface area contributed by atoms with Gasteiger partial charge in [0.05, 0.1) is 19.8 Å². The van der Waals surface area contributed by atoms with E-state index in [1.165, 1.54) is 0 Å². The zero-order valence-electron chi connectivity index (χ0n) is 12.6. The van der Waals surface area contributed by atoms with E-state index in [9.17, 15) is 4.79 Å². The normalized spacial score (nSPS) is 15.5. The maximum atomic E-state index is 12.1. The summed E-state index contributed by atoms with van der Waals surface area (Å²) in [6, 6.07) is 9.04. The standard InChI is InChI=1S/C16H18ClN3O3/c17-13-3-1-2-12(8-13)10-18-16(21)15-9-14(23-19-15)11-20-4-6-22-7-5-20/h1-3,8-9H,4-7,10-11H2,(H,18,21). The number of halogens is 1. The molecule has 0 atom stereocenters. The number of carbonyl (C=O) groups excluding carboxylic acids is 1. The molecule has 0 radical (unpaired) electrons. The molecule has 1 amide bonds. The van der Waals surface area contributed by atoms with Crippen LogP contribution in [0.3, 0.4) is 0 Å². The van der Waals surface area contributed by atoms with Crippen LogP contribution in [0.2, 0.25) is 5.02 Å². The molecule has 6 nitrogen and oxygen atoms in total. The van der Waals surface area contributed by atoms with Crippen LogP contribution in [0.15, 0.2) is 34.9 Å². The van der Waals surface area contributed by atoms with Crippen molar-refractivity contribution in [3.8, 4) is 0 Å². The fourth-order valence-electron chi connectivity index (χ4n) is 2.39. The summed E-state index contributed by atoms with van der Waals surface area (Å²) in [5.74, 6) is 0.418. The van der Waals surface area contributed by atoms with Crippen LogP contribution in [0, 0.1) is 0 Å². The molecule has 0 saturated carbocycles. The number of benzene rings is 1. The van der Waals surface area contributed by atoms with E-state index in [1.54, 1.807) is 12.1 Å². The first kappa shape index (κ1) is 16.0. The predicted molar refractivity (Wildman–Crippen MR) is 85.2 cm³/mol. The van der Waals surface area contributed by atoms with Gasteiger partial charge in [0.2, 0.25) is 0 Å². The second kappa shape index (κ2) is 7.59. The number of ether oxygens (including phenoxy) is 1. The van der Waals surface area contributed by atoms with Crippen LogP contribution in [0.1, 0.15) is 21.8 Å². The molecule has 3 rings (SSSR count). The largest absolute Gasteiger partial charge is 0.379 e. The van der Waals surface area contributed by atoms with Crippen LogP contribution in [0.5, 0.6) is 0 Å². The molecule has 2 aromatic rings. The first-order valence-electron chi connectivity index (χ1n) is 7.49. The van der Waals surface area contributed by atoms with E-state index < -0.39 is 0 Å². The van der Waals surface area contributed by atoms with Gasteiger partial charge in [-0.2, -0.15) is 0 Å². The van der Waals surface area contributed by atoms with E-state index in [0.717, 1.165) is 31.9 Å². The summed E-state index contributed by atoms with van der Waals surface area (Å²) in [4.78, 5) is 14.3. The molecule has 1 aromatic heterocycles. The fourth-order valence-corrected chi connectivity index (χ4v) is 2.61. The molecular formula is C16H18ClN3O3. The van der Waals surface area contributed by atoms with Crippen LogP contribution >= 0.6 is 11.6 Å². The second-order valence-electron chi connectivity index (χ2n) is 5.38. The van der Waals surface area contributed by atoms with Gasteiger partial charge in [0.25, 0.3) is 5.91 Å². The van der Waals surface area contributed by atoms with E-state index >= 15 is 0 Å². The molecule has 23 heavy (non-hydrogen) atoms.